The highest BCUT2D eigenvalue weighted by Gasteiger charge is 2.21. The van der Waals surface area contributed by atoms with E-state index in [4.69, 9.17) is 9.47 Å². The van der Waals surface area contributed by atoms with E-state index < -0.39 is 5.97 Å². The molecule has 0 radical (unpaired) electrons. The van der Waals surface area contributed by atoms with Crippen molar-refractivity contribution in [2.45, 2.75) is 58.0 Å². The summed E-state index contributed by atoms with van der Waals surface area (Å²) in [5, 5.41) is 11.8. The molecule has 1 N–H and O–H groups in total. The number of pyridine rings is 1. The zero-order valence-electron chi connectivity index (χ0n) is 15.0. The van der Waals surface area contributed by atoms with Gasteiger partial charge in [-0.2, -0.15) is 0 Å². The molecule has 0 unspecified atom stereocenters. The number of hydrogen-bond acceptors (Lipinski definition) is 5. The van der Waals surface area contributed by atoms with Crippen LogP contribution in [0.25, 0.3) is 10.8 Å². The van der Waals surface area contributed by atoms with E-state index in [1.807, 2.05) is 19.1 Å². The molecule has 1 saturated carbocycles. The Balaban J connectivity index is 1.88. The Morgan fingerprint density at radius 3 is 2.77 bits per heavy atom. The lowest BCUT2D eigenvalue weighted by atomic mass is 9.98. The van der Waals surface area contributed by atoms with Crippen LogP contribution >= 0.6 is 15.9 Å². The van der Waals surface area contributed by atoms with Crippen LogP contribution in [0.5, 0.6) is 11.5 Å². The Kier molecular flexibility index (Phi) is 6.35. The van der Waals surface area contributed by atoms with Crippen LogP contribution in [0.4, 0.5) is 0 Å². The van der Waals surface area contributed by atoms with Gasteiger partial charge < -0.3 is 14.6 Å². The van der Waals surface area contributed by atoms with E-state index in [1.165, 1.54) is 19.3 Å². The number of carbonyl (C=O) groups excluding carboxylic acids is 1. The standard InChI is InChI=1S/C20H24BrNO4/c1-2-3-11-25-20(24)17-18(23)16-12-14(9-10-15(16)19(21)22-17)26-13-7-5-4-6-8-13/h9-10,12-13,23H,2-8,11H2,1H3. The van der Waals surface area contributed by atoms with Gasteiger partial charge in [0.1, 0.15) is 10.4 Å². The maximum absolute atomic E-state index is 12.2. The number of aromatic hydroxyl groups is 1. The zero-order valence-corrected chi connectivity index (χ0v) is 16.5. The number of fused-ring (bicyclic) bond motifs is 1. The van der Waals surface area contributed by atoms with Gasteiger partial charge >= 0.3 is 5.97 Å². The summed E-state index contributed by atoms with van der Waals surface area (Å²) < 4.78 is 11.8. The molecule has 1 fully saturated rings. The van der Waals surface area contributed by atoms with E-state index in [9.17, 15) is 9.90 Å². The van der Waals surface area contributed by atoms with Gasteiger partial charge in [0, 0.05) is 10.8 Å². The predicted molar refractivity (Wildman–Crippen MR) is 104 cm³/mol. The Morgan fingerprint density at radius 2 is 2.04 bits per heavy atom. The number of aromatic nitrogens is 1. The van der Waals surface area contributed by atoms with E-state index >= 15 is 0 Å². The molecule has 0 amide bonds. The molecule has 1 aromatic carbocycles. The Hall–Kier alpha value is -1.82. The first-order chi connectivity index (χ1) is 12.6. The largest absolute Gasteiger partial charge is 0.505 e. The Labute approximate surface area is 161 Å². The molecule has 0 atom stereocenters. The number of rotatable bonds is 6. The van der Waals surface area contributed by atoms with Crippen LogP contribution in [0.2, 0.25) is 0 Å². The second-order valence-corrected chi connectivity index (χ2v) is 7.43. The first kappa shape index (κ1) is 19.0. The fourth-order valence-corrected chi connectivity index (χ4v) is 3.73. The number of nitrogens with zero attached hydrogens (tertiary/aromatic N) is 1. The zero-order chi connectivity index (χ0) is 18.5. The summed E-state index contributed by atoms with van der Waals surface area (Å²) in [4.78, 5) is 16.4. The lowest BCUT2D eigenvalue weighted by Gasteiger charge is -2.23. The van der Waals surface area contributed by atoms with Gasteiger partial charge in [-0.05, 0) is 66.2 Å². The molecule has 0 aliphatic heterocycles. The number of halogens is 1. The first-order valence-electron chi connectivity index (χ1n) is 9.26. The summed E-state index contributed by atoms with van der Waals surface area (Å²) in [5.41, 5.74) is -0.0738. The van der Waals surface area contributed by atoms with Gasteiger partial charge in [-0.3, -0.25) is 0 Å². The number of unbranched alkanes of at least 4 members (excludes halogenated alkanes) is 1. The van der Waals surface area contributed by atoms with Gasteiger partial charge in [0.25, 0.3) is 0 Å². The van der Waals surface area contributed by atoms with Crippen molar-refractivity contribution in [3.05, 3.63) is 28.5 Å². The SMILES string of the molecule is CCCCOC(=O)c1nc(Br)c2ccc(OC3CCCCC3)cc2c1O. The molecule has 5 nitrogen and oxygen atoms in total. The van der Waals surface area contributed by atoms with Gasteiger partial charge in [0.2, 0.25) is 0 Å². The topological polar surface area (TPSA) is 68.7 Å². The van der Waals surface area contributed by atoms with Crippen molar-refractivity contribution in [2.24, 2.45) is 0 Å². The number of esters is 1. The van der Waals surface area contributed by atoms with E-state index in [0.29, 0.717) is 22.3 Å². The number of ether oxygens (including phenoxy) is 2. The van der Waals surface area contributed by atoms with Crippen LogP contribution in [0.3, 0.4) is 0 Å². The summed E-state index contributed by atoms with van der Waals surface area (Å²) in [6.45, 7) is 2.33. The first-order valence-corrected chi connectivity index (χ1v) is 10.1. The number of hydrogen-bond donors (Lipinski definition) is 1. The number of carbonyl (C=O) groups is 1. The minimum atomic E-state index is -0.614. The molecular formula is C20H24BrNO4. The van der Waals surface area contributed by atoms with Crippen LogP contribution in [-0.4, -0.2) is 28.8 Å². The lowest BCUT2D eigenvalue weighted by Crippen LogP contribution is -2.19. The van der Waals surface area contributed by atoms with E-state index in [2.05, 4.69) is 20.9 Å². The van der Waals surface area contributed by atoms with Gasteiger partial charge in [0.05, 0.1) is 12.7 Å². The molecule has 0 saturated heterocycles. The molecule has 140 valence electrons. The third kappa shape index (κ3) is 4.29. The fraction of sp³-hybridized carbons (Fsp3) is 0.500. The summed E-state index contributed by atoms with van der Waals surface area (Å²) in [6, 6.07) is 5.49. The van der Waals surface area contributed by atoms with Gasteiger partial charge in [-0.1, -0.05) is 19.8 Å². The highest BCUT2D eigenvalue weighted by atomic mass is 79.9. The molecule has 1 aromatic heterocycles. The van der Waals surface area contributed by atoms with Crippen molar-refractivity contribution in [2.75, 3.05) is 6.61 Å². The summed E-state index contributed by atoms with van der Waals surface area (Å²) in [7, 11) is 0. The van der Waals surface area contributed by atoms with Crippen molar-refractivity contribution in [3.63, 3.8) is 0 Å². The van der Waals surface area contributed by atoms with E-state index in [1.54, 1.807) is 6.07 Å². The molecular weight excluding hydrogens is 398 g/mol. The van der Waals surface area contributed by atoms with Gasteiger partial charge in [0.15, 0.2) is 11.4 Å². The molecule has 0 spiro atoms. The van der Waals surface area contributed by atoms with Crippen molar-refractivity contribution in [3.8, 4) is 11.5 Å². The molecule has 1 heterocycles. The maximum atomic E-state index is 12.2. The van der Waals surface area contributed by atoms with Crippen molar-refractivity contribution in [1.29, 1.82) is 0 Å². The summed E-state index contributed by atoms with van der Waals surface area (Å²) >= 11 is 3.38. The van der Waals surface area contributed by atoms with Crippen LogP contribution in [0.15, 0.2) is 22.8 Å². The summed E-state index contributed by atoms with van der Waals surface area (Å²) in [6.07, 6.45) is 7.67. The number of benzene rings is 1. The third-order valence-corrected chi connectivity index (χ3v) is 5.29. The average Bonchev–Trinajstić information content (AvgIpc) is 2.65. The second kappa shape index (κ2) is 8.71. The summed E-state index contributed by atoms with van der Waals surface area (Å²) in [5.74, 6) is -0.0842. The molecule has 2 aromatic rings. The van der Waals surface area contributed by atoms with Crippen molar-refractivity contribution >= 4 is 32.7 Å². The lowest BCUT2D eigenvalue weighted by molar-refractivity contribution is 0.0489. The minimum Gasteiger partial charge on any atom is -0.505 e. The molecule has 6 heteroatoms. The molecule has 26 heavy (non-hydrogen) atoms. The quantitative estimate of drug-likeness (QED) is 0.385. The third-order valence-electron chi connectivity index (χ3n) is 4.68. The monoisotopic (exact) mass is 421 g/mol. The average molecular weight is 422 g/mol. The van der Waals surface area contributed by atoms with E-state index in [-0.39, 0.29) is 17.5 Å². The van der Waals surface area contributed by atoms with Crippen LogP contribution in [-0.2, 0) is 4.74 Å². The van der Waals surface area contributed by atoms with Crippen LogP contribution in [0, 0.1) is 0 Å². The van der Waals surface area contributed by atoms with Crippen LogP contribution in [0.1, 0.15) is 62.4 Å². The Morgan fingerprint density at radius 1 is 1.27 bits per heavy atom. The van der Waals surface area contributed by atoms with Crippen molar-refractivity contribution in [1.82, 2.24) is 4.98 Å². The highest BCUT2D eigenvalue weighted by Crippen LogP contribution is 2.36. The molecule has 3 rings (SSSR count). The van der Waals surface area contributed by atoms with Crippen LogP contribution < -0.4 is 4.74 Å². The second-order valence-electron chi connectivity index (χ2n) is 6.67. The maximum Gasteiger partial charge on any atom is 0.360 e. The predicted octanol–water partition coefficient (Wildman–Crippen LogP) is 5.37. The van der Waals surface area contributed by atoms with Crippen molar-refractivity contribution < 1.29 is 19.4 Å². The highest BCUT2D eigenvalue weighted by molar-refractivity contribution is 9.10. The minimum absolute atomic E-state index is 0.0738. The normalized spacial score (nSPS) is 15.2. The molecule has 1 aliphatic carbocycles. The van der Waals surface area contributed by atoms with Gasteiger partial charge in [-0.25, -0.2) is 9.78 Å². The van der Waals surface area contributed by atoms with E-state index in [0.717, 1.165) is 31.1 Å². The molecule has 0 bridgehead atoms. The molecule has 1 aliphatic rings. The Bertz CT molecular complexity index is 787. The van der Waals surface area contributed by atoms with Gasteiger partial charge in [-0.15, -0.1) is 0 Å². The smallest absolute Gasteiger partial charge is 0.360 e. The fourth-order valence-electron chi connectivity index (χ4n) is 3.21.